The maximum Gasteiger partial charge on any atom is 0.263 e. The van der Waals surface area contributed by atoms with Gasteiger partial charge in [0.15, 0.2) is 0 Å². The first-order chi connectivity index (χ1) is 11.5. The fraction of sp³-hybridized carbons (Fsp3) is 0.500. The van der Waals surface area contributed by atoms with Crippen LogP contribution in [0.25, 0.3) is 0 Å². The van der Waals surface area contributed by atoms with Crippen LogP contribution in [-0.2, 0) is 10.4 Å². The predicted octanol–water partition coefficient (Wildman–Crippen LogP) is 2.40. The molecule has 0 saturated carbocycles. The molecule has 6 heteroatoms. The van der Waals surface area contributed by atoms with Gasteiger partial charge in [0.05, 0.1) is 42.5 Å². The molecule has 0 aromatic carbocycles. The number of carbonyl (C=O) groups excluding carboxylic acids is 1. The largest absolute Gasteiger partial charge is 0.371 e. The summed E-state index contributed by atoms with van der Waals surface area (Å²) in [5, 5.41) is 18.4. The van der Waals surface area contributed by atoms with Crippen molar-refractivity contribution in [1.29, 1.82) is 0 Å². The van der Waals surface area contributed by atoms with Gasteiger partial charge in [-0.1, -0.05) is 12.1 Å². The van der Waals surface area contributed by atoms with Gasteiger partial charge in [-0.3, -0.25) is 4.79 Å². The lowest BCUT2D eigenvalue weighted by molar-refractivity contribution is -0.925. The summed E-state index contributed by atoms with van der Waals surface area (Å²) >= 11 is 2.85. The Bertz CT molecular complexity index is 669. The smallest absolute Gasteiger partial charge is 0.263 e. The molecule has 2 aromatic rings. The Kier molecular flexibility index (Phi) is 4.03. The Balaban J connectivity index is 1.61. The lowest BCUT2D eigenvalue weighted by atomic mass is 9.81. The van der Waals surface area contributed by atoms with E-state index in [9.17, 15) is 9.90 Å². The van der Waals surface area contributed by atoms with Gasteiger partial charge in [-0.15, -0.1) is 22.7 Å². The Morgan fingerprint density at radius 2 is 1.79 bits per heavy atom. The van der Waals surface area contributed by atoms with Crippen molar-refractivity contribution in [1.82, 2.24) is 5.32 Å². The van der Waals surface area contributed by atoms with E-state index in [1.165, 1.54) is 35.8 Å². The normalized spacial score (nSPS) is 29.6. The second kappa shape index (κ2) is 5.95. The van der Waals surface area contributed by atoms with Crippen LogP contribution in [0, 0.1) is 5.92 Å². The molecular formula is C18H23N2O2S2+. The SMILES string of the molecule is C[N+]12CCC(CC1)C(NC(=O)C(O)(c1cccs1)c1cccs1)C2. The van der Waals surface area contributed by atoms with Gasteiger partial charge in [-0.05, 0) is 28.8 Å². The topological polar surface area (TPSA) is 49.3 Å². The van der Waals surface area contributed by atoms with Crippen LogP contribution in [0.5, 0.6) is 0 Å². The lowest BCUT2D eigenvalue weighted by Crippen LogP contribution is -2.66. The number of aliphatic hydroxyl groups is 1. The number of thiophene rings is 2. The fourth-order valence-corrected chi connectivity index (χ4v) is 5.90. The summed E-state index contributed by atoms with van der Waals surface area (Å²) in [4.78, 5) is 14.5. The van der Waals surface area contributed by atoms with Crippen LogP contribution in [0.3, 0.4) is 0 Å². The van der Waals surface area contributed by atoms with Gasteiger partial charge in [-0.2, -0.15) is 0 Å². The quantitative estimate of drug-likeness (QED) is 0.820. The highest BCUT2D eigenvalue weighted by molar-refractivity contribution is 7.12. The van der Waals surface area contributed by atoms with Crippen LogP contribution >= 0.6 is 22.7 Å². The van der Waals surface area contributed by atoms with Crippen molar-refractivity contribution in [3.8, 4) is 0 Å². The number of likely N-dealkylation sites (N-methyl/N-ethyl adjacent to an activating group) is 1. The van der Waals surface area contributed by atoms with Crippen LogP contribution in [0.1, 0.15) is 22.6 Å². The van der Waals surface area contributed by atoms with E-state index >= 15 is 0 Å². The standard InChI is InChI=1S/C18H22N2O2S2/c1-20-8-6-13(7-9-20)14(12-20)19-17(21)18(22,15-4-2-10-23-15)16-5-3-11-24-16/h2-5,10-11,13-14,22H,6-9,12H2,1H3/p+1. The molecule has 4 nitrogen and oxygen atoms in total. The summed E-state index contributed by atoms with van der Waals surface area (Å²) in [6.07, 6.45) is 2.33. The van der Waals surface area contributed by atoms with Crippen molar-refractivity contribution in [2.75, 3.05) is 26.7 Å². The van der Waals surface area contributed by atoms with Gasteiger partial charge in [0.25, 0.3) is 5.91 Å². The van der Waals surface area contributed by atoms with E-state index in [-0.39, 0.29) is 11.9 Å². The molecule has 3 aliphatic rings. The highest BCUT2D eigenvalue weighted by Crippen LogP contribution is 2.37. The van der Waals surface area contributed by atoms with E-state index in [1.807, 2.05) is 35.0 Å². The molecule has 3 saturated heterocycles. The van der Waals surface area contributed by atoms with E-state index in [0.29, 0.717) is 15.7 Å². The zero-order valence-corrected chi connectivity index (χ0v) is 15.4. The van der Waals surface area contributed by atoms with E-state index < -0.39 is 5.60 Å². The third-order valence-corrected chi connectivity index (χ3v) is 7.64. The van der Waals surface area contributed by atoms with E-state index in [0.717, 1.165) is 23.9 Å². The Labute approximate surface area is 150 Å². The van der Waals surface area contributed by atoms with Crippen molar-refractivity contribution in [2.45, 2.75) is 24.5 Å². The van der Waals surface area contributed by atoms with Crippen LogP contribution < -0.4 is 5.32 Å². The highest BCUT2D eigenvalue weighted by Gasteiger charge is 2.48. The lowest BCUT2D eigenvalue weighted by Gasteiger charge is -2.50. The average Bonchev–Trinajstić information content (AvgIpc) is 3.28. The van der Waals surface area contributed by atoms with Crippen molar-refractivity contribution in [2.24, 2.45) is 5.92 Å². The Morgan fingerprint density at radius 3 is 2.25 bits per heavy atom. The maximum atomic E-state index is 13.2. The van der Waals surface area contributed by atoms with Gasteiger partial charge in [0, 0.05) is 12.8 Å². The van der Waals surface area contributed by atoms with Crippen molar-refractivity contribution in [3.63, 3.8) is 0 Å². The second-order valence-electron chi connectivity index (χ2n) is 7.33. The molecule has 1 unspecified atom stereocenters. The molecular weight excluding hydrogens is 340 g/mol. The van der Waals surface area contributed by atoms with Crippen LogP contribution in [0.2, 0.25) is 0 Å². The zero-order chi connectivity index (χ0) is 16.8. The first-order valence-electron chi connectivity index (χ1n) is 8.46. The maximum absolute atomic E-state index is 13.2. The minimum Gasteiger partial charge on any atom is -0.371 e. The number of quaternary nitrogens is 1. The summed E-state index contributed by atoms with van der Waals surface area (Å²) in [7, 11) is 2.28. The number of hydrogen-bond donors (Lipinski definition) is 2. The first-order valence-corrected chi connectivity index (χ1v) is 10.2. The number of hydrogen-bond acceptors (Lipinski definition) is 4. The number of nitrogens with zero attached hydrogens (tertiary/aromatic N) is 1. The summed E-state index contributed by atoms with van der Waals surface area (Å²) in [6.45, 7) is 3.38. The summed E-state index contributed by atoms with van der Waals surface area (Å²) in [5.41, 5.74) is -1.58. The molecule has 1 atom stereocenters. The van der Waals surface area contributed by atoms with E-state index in [2.05, 4.69) is 12.4 Å². The van der Waals surface area contributed by atoms with Crippen molar-refractivity contribution >= 4 is 28.6 Å². The third kappa shape index (κ3) is 2.62. The number of amides is 1. The number of carbonyl (C=O) groups is 1. The van der Waals surface area contributed by atoms with Gasteiger partial charge in [0.2, 0.25) is 5.60 Å². The molecule has 2 aromatic heterocycles. The number of nitrogens with one attached hydrogen (secondary N) is 1. The second-order valence-corrected chi connectivity index (χ2v) is 9.23. The first kappa shape index (κ1) is 16.3. The Morgan fingerprint density at radius 1 is 1.21 bits per heavy atom. The number of rotatable bonds is 4. The molecule has 128 valence electrons. The molecule has 3 fully saturated rings. The highest BCUT2D eigenvalue weighted by atomic mass is 32.1. The Hall–Kier alpha value is -1.21. The summed E-state index contributed by atoms with van der Waals surface area (Å²) in [6, 6.07) is 7.61. The molecule has 24 heavy (non-hydrogen) atoms. The number of fused-ring (bicyclic) bond motifs is 3. The minimum atomic E-state index is -1.58. The van der Waals surface area contributed by atoms with Gasteiger partial charge in [-0.25, -0.2) is 0 Å². The molecule has 0 aliphatic carbocycles. The van der Waals surface area contributed by atoms with Gasteiger partial charge < -0.3 is 14.9 Å². The van der Waals surface area contributed by atoms with E-state index in [1.54, 1.807) is 0 Å². The van der Waals surface area contributed by atoms with E-state index in [4.69, 9.17) is 0 Å². The third-order valence-electron chi connectivity index (χ3n) is 5.69. The summed E-state index contributed by atoms with van der Waals surface area (Å²) < 4.78 is 1.04. The molecule has 3 aliphatic heterocycles. The fourth-order valence-electron chi connectivity index (χ4n) is 4.17. The molecule has 2 N–H and O–H groups in total. The number of piperidine rings is 3. The molecule has 5 heterocycles. The molecule has 0 spiro atoms. The molecule has 0 radical (unpaired) electrons. The van der Waals surface area contributed by atoms with Crippen LogP contribution in [0.15, 0.2) is 35.0 Å². The van der Waals surface area contributed by atoms with Crippen molar-refractivity contribution < 1.29 is 14.4 Å². The van der Waals surface area contributed by atoms with Crippen LogP contribution in [-0.4, -0.2) is 48.2 Å². The van der Waals surface area contributed by atoms with Gasteiger partial charge >= 0.3 is 0 Å². The predicted molar refractivity (Wildman–Crippen MR) is 97.1 cm³/mol. The average molecular weight is 364 g/mol. The minimum absolute atomic E-state index is 0.163. The molecule has 2 bridgehead atoms. The molecule has 5 rings (SSSR count). The molecule has 1 amide bonds. The van der Waals surface area contributed by atoms with Gasteiger partial charge in [0.1, 0.15) is 0 Å². The zero-order valence-electron chi connectivity index (χ0n) is 13.8. The summed E-state index contributed by atoms with van der Waals surface area (Å²) in [5.74, 6) is 0.266. The van der Waals surface area contributed by atoms with Crippen LogP contribution in [0.4, 0.5) is 0 Å². The van der Waals surface area contributed by atoms with Crippen molar-refractivity contribution in [3.05, 3.63) is 44.8 Å². The monoisotopic (exact) mass is 363 g/mol.